The Balaban J connectivity index is 1.78. The summed E-state index contributed by atoms with van der Waals surface area (Å²) in [5.74, 6) is -0.917. The Hall–Kier alpha value is -3.02. The molecule has 2 heterocycles. The summed E-state index contributed by atoms with van der Waals surface area (Å²) in [6.07, 6.45) is 4.91. The number of rotatable bonds is 7. The zero-order valence-corrected chi connectivity index (χ0v) is 13.9. The number of furan rings is 1. The van der Waals surface area contributed by atoms with Crippen molar-refractivity contribution < 1.29 is 19.1 Å². The average molecular weight is 340 g/mol. The second-order valence-electron chi connectivity index (χ2n) is 5.94. The molecule has 0 aliphatic heterocycles. The van der Waals surface area contributed by atoms with Gasteiger partial charge >= 0.3 is 5.97 Å². The van der Waals surface area contributed by atoms with Gasteiger partial charge in [0.25, 0.3) is 5.91 Å². The Morgan fingerprint density at radius 1 is 1.28 bits per heavy atom. The third-order valence-electron chi connectivity index (χ3n) is 4.17. The summed E-state index contributed by atoms with van der Waals surface area (Å²) in [4.78, 5) is 27.2. The minimum atomic E-state index is -1.07. The van der Waals surface area contributed by atoms with Crippen LogP contribution in [0.25, 0.3) is 10.9 Å². The monoisotopic (exact) mass is 340 g/mol. The summed E-state index contributed by atoms with van der Waals surface area (Å²) < 4.78 is 5.32. The number of fused-ring (bicyclic) bond motifs is 1. The van der Waals surface area contributed by atoms with Gasteiger partial charge in [0.1, 0.15) is 11.8 Å². The number of aromatic amines is 1. The summed E-state index contributed by atoms with van der Waals surface area (Å²) in [6.45, 7) is 1.99. The fourth-order valence-electron chi connectivity index (χ4n) is 2.92. The number of carbonyl (C=O) groups excluding carboxylic acids is 1. The first-order valence-corrected chi connectivity index (χ1v) is 8.25. The lowest BCUT2D eigenvalue weighted by Crippen LogP contribution is -2.42. The van der Waals surface area contributed by atoms with E-state index in [1.54, 1.807) is 12.3 Å². The van der Waals surface area contributed by atoms with Gasteiger partial charge in [-0.15, -0.1) is 0 Å². The number of hydrogen-bond acceptors (Lipinski definition) is 3. The number of nitrogens with one attached hydrogen (secondary N) is 2. The second-order valence-corrected chi connectivity index (χ2v) is 5.94. The maximum Gasteiger partial charge on any atom is 0.326 e. The Bertz CT molecular complexity index is 894. The fourth-order valence-corrected chi connectivity index (χ4v) is 2.92. The van der Waals surface area contributed by atoms with Gasteiger partial charge in [0.15, 0.2) is 0 Å². The van der Waals surface area contributed by atoms with Gasteiger partial charge in [0.05, 0.1) is 11.8 Å². The predicted molar refractivity (Wildman–Crippen MR) is 93.6 cm³/mol. The molecular formula is C19H20N2O4. The van der Waals surface area contributed by atoms with Gasteiger partial charge in [-0.1, -0.05) is 25.1 Å². The van der Waals surface area contributed by atoms with Gasteiger partial charge in [0, 0.05) is 29.9 Å². The average Bonchev–Trinajstić information content (AvgIpc) is 3.22. The molecule has 1 atom stereocenters. The van der Waals surface area contributed by atoms with Crippen LogP contribution in [0.4, 0.5) is 0 Å². The van der Waals surface area contributed by atoms with Crippen molar-refractivity contribution in [1.29, 1.82) is 0 Å². The Kier molecular flexibility index (Phi) is 4.88. The molecule has 0 saturated heterocycles. The Labute approximate surface area is 144 Å². The number of aryl methyl sites for hydroxylation is 1. The van der Waals surface area contributed by atoms with E-state index in [2.05, 4.69) is 10.3 Å². The third-order valence-corrected chi connectivity index (χ3v) is 4.17. The summed E-state index contributed by atoms with van der Waals surface area (Å²) in [5.41, 5.74) is 2.18. The minimum Gasteiger partial charge on any atom is -0.480 e. The maximum atomic E-state index is 12.5. The van der Waals surface area contributed by atoms with Crippen LogP contribution in [0, 0.1) is 0 Å². The molecule has 1 unspecified atom stereocenters. The van der Waals surface area contributed by atoms with E-state index in [0.29, 0.717) is 17.7 Å². The highest BCUT2D eigenvalue weighted by Gasteiger charge is 2.24. The minimum absolute atomic E-state index is 0.200. The Morgan fingerprint density at radius 2 is 2.08 bits per heavy atom. The SMILES string of the molecule is CCCc1occc1C(=O)NC(Cc1c[nH]c2ccccc12)C(=O)O. The zero-order chi connectivity index (χ0) is 17.8. The molecule has 0 fully saturated rings. The van der Waals surface area contributed by atoms with Crippen LogP contribution in [-0.4, -0.2) is 28.0 Å². The quantitative estimate of drug-likeness (QED) is 0.616. The topological polar surface area (TPSA) is 95.3 Å². The smallest absolute Gasteiger partial charge is 0.326 e. The number of carboxylic acid groups (broad SMARTS) is 1. The van der Waals surface area contributed by atoms with Crippen LogP contribution in [0.15, 0.2) is 47.2 Å². The molecule has 130 valence electrons. The van der Waals surface area contributed by atoms with Crippen molar-refractivity contribution in [1.82, 2.24) is 10.3 Å². The molecule has 6 nitrogen and oxygen atoms in total. The van der Waals surface area contributed by atoms with Crippen LogP contribution in [0.3, 0.4) is 0 Å². The van der Waals surface area contributed by atoms with Crippen LogP contribution in [0.1, 0.15) is 35.0 Å². The van der Waals surface area contributed by atoms with Crippen molar-refractivity contribution in [2.24, 2.45) is 0 Å². The number of hydrogen-bond donors (Lipinski definition) is 3. The van der Waals surface area contributed by atoms with E-state index >= 15 is 0 Å². The highest BCUT2D eigenvalue weighted by Crippen LogP contribution is 2.20. The number of benzene rings is 1. The number of aromatic nitrogens is 1. The highest BCUT2D eigenvalue weighted by molar-refractivity contribution is 5.97. The first-order valence-electron chi connectivity index (χ1n) is 8.25. The molecule has 25 heavy (non-hydrogen) atoms. The third kappa shape index (κ3) is 3.57. The van der Waals surface area contributed by atoms with Crippen molar-refractivity contribution in [2.45, 2.75) is 32.2 Å². The molecule has 0 saturated carbocycles. The van der Waals surface area contributed by atoms with Crippen LogP contribution < -0.4 is 5.32 Å². The van der Waals surface area contributed by atoms with Gasteiger partial charge in [0.2, 0.25) is 0 Å². The van der Waals surface area contributed by atoms with E-state index in [-0.39, 0.29) is 6.42 Å². The first-order chi connectivity index (χ1) is 12.1. The van der Waals surface area contributed by atoms with Gasteiger partial charge in [-0.05, 0) is 24.1 Å². The normalized spacial score (nSPS) is 12.2. The summed E-state index contributed by atoms with van der Waals surface area (Å²) >= 11 is 0. The molecule has 2 aromatic heterocycles. The molecule has 3 rings (SSSR count). The summed E-state index contributed by atoms with van der Waals surface area (Å²) in [6, 6.07) is 8.22. The molecule has 0 bridgehead atoms. The molecule has 3 aromatic rings. The fraction of sp³-hybridized carbons (Fsp3) is 0.263. The van der Waals surface area contributed by atoms with Crippen LogP contribution in [0.5, 0.6) is 0 Å². The number of carboxylic acids is 1. The van der Waals surface area contributed by atoms with Gasteiger partial charge in [-0.2, -0.15) is 0 Å². The first kappa shape index (κ1) is 16.8. The molecule has 0 spiro atoms. The molecule has 0 aliphatic rings. The van der Waals surface area contributed by atoms with E-state index in [9.17, 15) is 14.7 Å². The summed E-state index contributed by atoms with van der Waals surface area (Å²) in [5, 5.41) is 13.1. The van der Waals surface area contributed by atoms with Crippen molar-refractivity contribution in [3.05, 3.63) is 59.7 Å². The van der Waals surface area contributed by atoms with Gasteiger partial charge in [-0.3, -0.25) is 4.79 Å². The lowest BCUT2D eigenvalue weighted by molar-refractivity contribution is -0.139. The van der Waals surface area contributed by atoms with Crippen LogP contribution in [-0.2, 0) is 17.6 Å². The number of aliphatic carboxylic acids is 1. The lowest BCUT2D eigenvalue weighted by Gasteiger charge is -2.14. The van der Waals surface area contributed by atoms with Gasteiger partial charge in [-0.25, -0.2) is 4.79 Å². The van der Waals surface area contributed by atoms with E-state index in [1.807, 2.05) is 31.2 Å². The van der Waals surface area contributed by atoms with Crippen molar-refractivity contribution >= 4 is 22.8 Å². The van der Waals surface area contributed by atoms with Crippen molar-refractivity contribution in [3.8, 4) is 0 Å². The second kappa shape index (κ2) is 7.25. The largest absolute Gasteiger partial charge is 0.480 e. The number of H-pyrrole nitrogens is 1. The highest BCUT2D eigenvalue weighted by atomic mass is 16.4. The van der Waals surface area contributed by atoms with E-state index in [0.717, 1.165) is 22.9 Å². The molecule has 1 aromatic carbocycles. The van der Waals surface area contributed by atoms with Gasteiger partial charge < -0.3 is 19.8 Å². The number of amides is 1. The summed E-state index contributed by atoms with van der Waals surface area (Å²) in [7, 11) is 0. The van der Waals surface area contributed by atoms with Crippen molar-refractivity contribution in [3.63, 3.8) is 0 Å². The maximum absolute atomic E-state index is 12.5. The zero-order valence-electron chi connectivity index (χ0n) is 13.9. The predicted octanol–water partition coefficient (Wildman–Crippen LogP) is 3.14. The number of carbonyl (C=O) groups is 2. The van der Waals surface area contributed by atoms with Crippen LogP contribution >= 0.6 is 0 Å². The molecule has 1 amide bonds. The van der Waals surface area contributed by atoms with Crippen LogP contribution in [0.2, 0.25) is 0 Å². The molecule has 0 radical (unpaired) electrons. The molecule has 3 N–H and O–H groups in total. The standard InChI is InChI=1S/C19H20N2O4/c1-2-5-17-14(8-9-25-17)18(22)21-16(19(23)24)10-12-11-20-15-7-4-3-6-13(12)15/h3-4,6-9,11,16,20H,2,5,10H2,1H3,(H,21,22)(H,23,24). The number of para-hydroxylation sites is 1. The Morgan fingerprint density at radius 3 is 2.84 bits per heavy atom. The molecule has 0 aliphatic carbocycles. The molecular weight excluding hydrogens is 320 g/mol. The van der Waals surface area contributed by atoms with E-state index < -0.39 is 17.9 Å². The van der Waals surface area contributed by atoms with E-state index in [4.69, 9.17) is 4.42 Å². The van der Waals surface area contributed by atoms with E-state index in [1.165, 1.54) is 6.26 Å². The van der Waals surface area contributed by atoms with Crippen molar-refractivity contribution in [2.75, 3.05) is 0 Å². The molecule has 6 heteroatoms. The lowest BCUT2D eigenvalue weighted by atomic mass is 10.0.